The van der Waals surface area contributed by atoms with Crippen molar-refractivity contribution in [1.29, 1.82) is 0 Å². The van der Waals surface area contributed by atoms with E-state index in [2.05, 4.69) is 20.3 Å². The van der Waals surface area contributed by atoms with Gasteiger partial charge in [0.2, 0.25) is 11.9 Å². The van der Waals surface area contributed by atoms with Gasteiger partial charge in [-0.25, -0.2) is 9.97 Å². The molecule has 0 unspecified atom stereocenters. The van der Waals surface area contributed by atoms with Crippen molar-refractivity contribution in [3.05, 3.63) is 60.7 Å². The molecule has 1 aromatic carbocycles. The van der Waals surface area contributed by atoms with Crippen molar-refractivity contribution in [2.75, 3.05) is 5.32 Å². The van der Waals surface area contributed by atoms with Gasteiger partial charge in [-0.1, -0.05) is 6.07 Å². The molecule has 0 bridgehead atoms. The molecule has 2 heterocycles. The van der Waals surface area contributed by atoms with E-state index >= 15 is 0 Å². The third-order valence-corrected chi connectivity index (χ3v) is 2.84. The molecule has 1 N–H and O–H groups in total. The first-order chi connectivity index (χ1) is 10.5. The molecule has 0 saturated heterocycles. The predicted octanol–water partition coefficient (Wildman–Crippen LogP) is 3.42. The molecule has 3 aromatic rings. The molecule has 2 aromatic heterocycles. The smallest absolute Gasteiger partial charge is 0.324 e. The lowest BCUT2D eigenvalue weighted by Gasteiger charge is -2.10. The zero-order valence-electron chi connectivity index (χ0n) is 11.1. The highest BCUT2D eigenvalue weighted by atomic mass is 19.4. The minimum absolute atomic E-state index is 0.165. The van der Waals surface area contributed by atoms with Crippen LogP contribution in [0.4, 0.5) is 24.8 Å². The van der Waals surface area contributed by atoms with Crippen LogP contribution in [0.2, 0.25) is 0 Å². The largest absolute Gasteiger partial charge is 0.416 e. The van der Waals surface area contributed by atoms with Crippen molar-refractivity contribution in [1.82, 2.24) is 19.5 Å². The third kappa shape index (κ3) is 3.05. The lowest BCUT2D eigenvalue weighted by molar-refractivity contribution is -0.137. The highest BCUT2D eigenvalue weighted by molar-refractivity contribution is 5.54. The minimum atomic E-state index is -4.40. The first kappa shape index (κ1) is 14.1. The second-order valence-electron chi connectivity index (χ2n) is 4.40. The zero-order chi connectivity index (χ0) is 15.6. The van der Waals surface area contributed by atoms with Crippen LogP contribution < -0.4 is 5.32 Å². The summed E-state index contributed by atoms with van der Waals surface area (Å²) in [6, 6.07) is 8.45. The maximum absolute atomic E-state index is 12.7. The molecule has 5 nitrogen and oxygen atoms in total. The fourth-order valence-electron chi connectivity index (χ4n) is 1.84. The molecule has 0 atom stereocenters. The van der Waals surface area contributed by atoms with E-state index in [4.69, 9.17) is 0 Å². The van der Waals surface area contributed by atoms with E-state index < -0.39 is 11.7 Å². The van der Waals surface area contributed by atoms with Crippen molar-refractivity contribution in [2.24, 2.45) is 0 Å². The minimum Gasteiger partial charge on any atom is -0.324 e. The molecule has 0 spiro atoms. The summed E-state index contributed by atoms with van der Waals surface area (Å²) in [6.07, 6.45) is 0.401. The van der Waals surface area contributed by atoms with Crippen molar-refractivity contribution < 1.29 is 13.2 Å². The quantitative estimate of drug-likeness (QED) is 0.805. The van der Waals surface area contributed by atoms with Crippen molar-refractivity contribution >= 4 is 11.6 Å². The Kier molecular flexibility index (Phi) is 3.50. The summed E-state index contributed by atoms with van der Waals surface area (Å²) in [7, 11) is 0. The van der Waals surface area contributed by atoms with Gasteiger partial charge in [0.05, 0.1) is 5.56 Å². The van der Waals surface area contributed by atoms with Crippen LogP contribution in [0, 0.1) is 0 Å². The van der Waals surface area contributed by atoms with Crippen molar-refractivity contribution in [2.45, 2.75) is 6.18 Å². The summed E-state index contributed by atoms with van der Waals surface area (Å²) in [5, 5.41) is 2.74. The highest BCUT2D eigenvalue weighted by Gasteiger charge is 2.30. The number of rotatable bonds is 3. The van der Waals surface area contributed by atoms with Crippen LogP contribution in [0.25, 0.3) is 5.95 Å². The molecule has 0 aliphatic carbocycles. The number of benzene rings is 1. The van der Waals surface area contributed by atoms with Crippen LogP contribution in [-0.2, 0) is 6.18 Å². The van der Waals surface area contributed by atoms with Gasteiger partial charge < -0.3 is 5.32 Å². The first-order valence-corrected chi connectivity index (χ1v) is 6.29. The van der Waals surface area contributed by atoms with Crippen LogP contribution in [0.1, 0.15) is 5.56 Å². The van der Waals surface area contributed by atoms with Crippen LogP contribution in [0.3, 0.4) is 0 Å². The van der Waals surface area contributed by atoms with Crippen LogP contribution >= 0.6 is 0 Å². The monoisotopic (exact) mass is 305 g/mol. The summed E-state index contributed by atoms with van der Waals surface area (Å²) in [6.45, 7) is 0. The SMILES string of the molecule is FC(F)(F)c1cccc(Nc2ncnc(-n3cccc3)n2)c1. The zero-order valence-corrected chi connectivity index (χ0v) is 11.1. The van der Waals surface area contributed by atoms with Gasteiger partial charge in [-0.05, 0) is 30.3 Å². The van der Waals surface area contributed by atoms with Crippen molar-refractivity contribution in [3.8, 4) is 5.95 Å². The Bertz CT molecular complexity index is 768. The molecule has 0 radical (unpaired) electrons. The molecule has 112 valence electrons. The van der Waals surface area contributed by atoms with Crippen molar-refractivity contribution in [3.63, 3.8) is 0 Å². The Hall–Kier alpha value is -2.90. The Morgan fingerprint density at radius 1 is 1.00 bits per heavy atom. The van der Waals surface area contributed by atoms with E-state index in [-0.39, 0.29) is 11.6 Å². The lowest BCUT2D eigenvalue weighted by atomic mass is 10.2. The number of aromatic nitrogens is 4. The normalized spacial score (nSPS) is 11.4. The summed E-state index contributed by atoms with van der Waals surface area (Å²) in [4.78, 5) is 12.1. The average molecular weight is 305 g/mol. The number of nitrogens with one attached hydrogen (secondary N) is 1. The van der Waals surface area contributed by atoms with Gasteiger partial charge in [-0.15, -0.1) is 0 Å². The molecular weight excluding hydrogens is 295 g/mol. The Morgan fingerprint density at radius 2 is 1.77 bits per heavy atom. The van der Waals surface area contributed by atoms with Gasteiger partial charge in [0.15, 0.2) is 0 Å². The van der Waals surface area contributed by atoms with E-state index in [1.54, 1.807) is 17.0 Å². The molecule has 22 heavy (non-hydrogen) atoms. The molecule has 0 aliphatic heterocycles. The van der Waals surface area contributed by atoms with Gasteiger partial charge in [0.25, 0.3) is 0 Å². The average Bonchev–Trinajstić information content (AvgIpc) is 3.01. The number of nitrogens with zero attached hydrogens (tertiary/aromatic N) is 4. The maximum atomic E-state index is 12.7. The molecule has 0 amide bonds. The van der Waals surface area contributed by atoms with E-state index in [0.717, 1.165) is 12.1 Å². The van der Waals surface area contributed by atoms with E-state index in [9.17, 15) is 13.2 Å². The highest BCUT2D eigenvalue weighted by Crippen LogP contribution is 2.31. The second kappa shape index (κ2) is 5.47. The van der Waals surface area contributed by atoms with Gasteiger partial charge in [-0.3, -0.25) is 4.57 Å². The van der Waals surface area contributed by atoms with Crippen LogP contribution in [-0.4, -0.2) is 19.5 Å². The predicted molar refractivity (Wildman–Crippen MR) is 73.9 cm³/mol. The molecule has 0 fully saturated rings. The fourth-order valence-corrected chi connectivity index (χ4v) is 1.84. The third-order valence-electron chi connectivity index (χ3n) is 2.84. The van der Waals surface area contributed by atoms with Crippen LogP contribution in [0.5, 0.6) is 0 Å². The number of alkyl halides is 3. The van der Waals surface area contributed by atoms with Gasteiger partial charge in [0, 0.05) is 18.1 Å². The Morgan fingerprint density at radius 3 is 2.50 bits per heavy atom. The Balaban J connectivity index is 1.86. The summed E-state index contributed by atoms with van der Waals surface area (Å²) in [5.41, 5.74) is -0.489. The number of anilines is 2. The molecule has 0 saturated carbocycles. The van der Waals surface area contributed by atoms with Gasteiger partial charge >= 0.3 is 6.18 Å². The number of hydrogen-bond donors (Lipinski definition) is 1. The first-order valence-electron chi connectivity index (χ1n) is 6.29. The van der Waals surface area contributed by atoms with E-state index in [1.807, 2.05) is 12.1 Å². The topological polar surface area (TPSA) is 55.6 Å². The molecule has 3 rings (SSSR count). The summed E-state index contributed by atoms with van der Waals surface area (Å²) < 4.78 is 39.7. The van der Waals surface area contributed by atoms with E-state index in [1.165, 1.54) is 18.5 Å². The summed E-state index contributed by atoms with van der Waals surface area (Å²) in [5.74, 6) is 0.535. The van der Waals surface area contributed by atoms with Gasteiger partial charge in [0.1, 0.15) is 6.33 Å². The molecular formula is C14H10F3N5. The fraction of sp³-hybridized carbons (Fsp3) is 0.0714. The number of halogens is 3. The second-order valence-corrected chi connectivity index (χ2v) is 4.40. The Labute approximate surface area is 123 Å². The summed E-state index contributed by atoms with van der Waals surface area (Å²) >= 11 is 0. The van der Waals surface area contributed by atoms with Crippen LogP contribution in [0.15, 0.2) is 55.1 Å². The van der Waals surface area contributed by atoms with E-state index in [0.29, 0.717) is 5.95 Å². The van der Waals surface area contributed by atoms with Gasteiger partial charge in [-0.2, -0.15) is 18.2 Å². The number of hydrogen-bond acceptors (Lipinski definition) is 4. The maximum Gasteiger partial charge on any atom is 0.416 e. The molecule has 8 heteroatoms. The molecule has 0 aliphatic rings. The standard InChI is InChI=1S/C14H10F3N5/c15-14(16,17)10-4-3-5-11(8-10)20-12-18-9-19-13(21-12)22-6-1-2-7-22/h1-9H,(H,18,19,20,21). The lowest BCUT2D eigenvalue weighted by Crippen LogP contribution is -2.07.